The number of rotatable bonds is 6. The Kier molecular flexibility index (Phi) is 6.14. The number of nitrogens with one attached hydrogen (secondary N) is 1. The minimum atomic E-state index is -2.60. The molecule has 44 heavy (non-hydrogen) atoms. The van der Waals surface area contributed by atoms with Crippen LogP contribution in [0, 0.1) is 0 Å². The molecule has 0 fully saturated rings. The molecule has 0 radical (unpaired) electrons. The molecule has 0 aliphatic rings. The molecule has 1 heterocycles. The Hall–Kier alpha value is -5.19. The second-order valence-electron chi connectivity index (χ2n) is 11.9. The molecule has 0 saturated carbocycles. The molecule has 0 atom stereocenters. The first-order chi connectivity index (χ1) is 21.4. The molecule has 0 saturated heterocycles. The lowest BCUT2D eigenvalue weighted by atomic mass is 9.95. The zero-order valence-corrected chi connectivity index (χ0v) is 25.6. The van der Waals surface area contributed by atoms with Gasteiger partial charge in [-0.2, -0.15) is 0 Å². The third-order valence-electron chi connectivity index (χ3n) is 8.56. The van der Waals surface area contributed by atoms with Crippen molar-refractivity contribution >= 4 is 59.6 Å². The zero-order chi connectivity index (χ0) is 29.8. The highest BCUT2D eigenvalue weighted by Gasteiger charge is 2.20. The summed E-state index contributed by atoms with van der Waals surface area (Å²) in [5, 5.41) is 4.90. The van der Waals surface area contributed by atoms with E-state index in [1.807, 2.05) is 24.6 Å². The normalized spacial score (nSPS) is 12.3. The number of hydrogen-bond donors (Lipinski definition) is 2. The number of benzene rings is 7. The zero-order valence-electron chi connectivity index (χ0n) is 24.7. The van der Waals surface area contributed by atoms with Gasteiger partial charge >= 0.3 is 0 Å². The molecule has 8 rings (SSSR count). The van der Waals surface area contributed by atoms with Gasteiger partial charge in [-0.1, -0.05) is 88.8 Å². The predicted molar refractivity (Wildman–Crippen MR) is 190 cm³/mol. The van der Waals surface area contributed by atoms with Crippen LogP contribution in [0.5, 0.6) is 0 Å². The summed E-state index contributed by atoms with van der Waals surface area (Å²) in [6.07, 6.45) is 3.72. The Morgan fingerprint density at radius 2 is 1.02 bits per heavy atom. The SMILES string of the molecule is C[SH](C)(=O)c1ccc(N(c2ccccc2)c2ccccc2)cc1-c1cc2ccc3cc(-c4ccccc4)cc4[nH]c(c1)c2c34. The van der Waals surface area contributed by atoms with E-state index in [0.717, 1.165) is 44.1 Å². The summed E-state index contributed by atoms with van der Waals surface area (Å²) in [4.78, 5) is 6.89. The lowest BCUT2D eigenvalue weighted by Gasteiger charge is -2.27. The number of aromatic amines is 1. The monoisotopic (exact) mass is 588 g/mol. The Bertz CT molecular complexity index is 2280. The van der Waals surface area contributed by atoms with Crippen LogP contribution >= 0.6 is 0 Å². The molecule has 0 unspecified atom stereocenters. The number of aromatic nitrogens is 1. The van der Waals surface area contributed by atoms with E-state index >= 15 is 0 Å². The van der Waals surface area contributed by atoms with Gasteiger partial charge < -0.3 is 9.88 Å². The first-order valence-electron chi connectivity index (χ1n) is 14.9. The fraction of sp³-hybridized carbons (Fsp3) is 0.0500. The minimum absolute atomic E-state index is 0.886. The van der Waals surface area contributed by atoms with Crippen LogP contribution in [0.15, 0.2) is 150 Å². The molecule has 0 amide bonds. The van der Waals surface area contributed by atoms with E-state index < -0.39 is 9.93 Å². The van der Waals surface area contributed by atoms with E-state index in [-0.39, 0.29) is 0 Å². The molecular weight excluding hydrogens is 557 g/mol. The smallest absolute Gasteiger partial charge is 0.0477 e. The van der Waals surface area contributed by atoms with Crippen molar-refractivity contribution in [3.05, 3.63) is 146 Å². The number of H-pyrrole nitrogens is 1. The van der Waals surface area contributed by atoms with Crippen LogP contribution in [-0.2, 0) is 9.93 Å². The number of hydrogen-bond acceptors (Lipinski definition) is 2. The van der Waals surface area contributed by atoms with E-state index in [9.17, 15) is 4.21 Å². The number of para-hydroxylation sites is 2. The van der Waals surface area contributed by atoms with Gasteiger partial charge in [-0.3, -0.25) is 4.21 Å². The predicted octanol–water partition coefficient (Wildman–Crippen LogP) is 10.4. The summed E-state index contributed by atoms with van der Waals surface area (Å²) >= 11 is 0. The molecule has 7 aromatic carbocycles. The fourth-order valence-electron chi connectivity index (χ4n) is 6.59. The fourth-order valence-corrected chi connectivity index (χ4v) is 7.80. The van der Waals surface area contributed by atoms with Gasteiger partial charge in [0.15, 0.2) is 0 Å². The number of thiol groups is 1. The van der Waals surface area contributed by atoms with Crippen molar-refractivity contribution in [2.75, 3.05) is 17.4 Å². The second-order valence-corrected chi connectivity index (χ2v) is 15.0. The average Bonchev–Trinajstić information content (AvgIpc) is 3.43. The van der Waals surface area contributed by atoms with E-state index in [0.29, 0.717) is 0 Å². The largest absolute Gasteiger partial charge is 0.354 e. The molecule has 0 bridgehead atoms. The molecule has 3 nitrogen and oxygen atoms in total. The molecule has 1 aromatic heterocycles. The summed E-state index contributed by atoms with van der Waals surface area (Å²) in [6.45, 7) is 0. The summed E-state index contributed by atoms with van der Waals surface area (Å²) in [5.41, 5.74) is 9.82. The van der Waals surface area contributed by atoms with E-state index in [2.05, 4.69) is 143 Å². The molecular formula is C40H32N2OS. The third kappa shape index (κ3) is 4.47. The van der Waals surface area contributed by atoms with Crippen LogP contribution in [0.4, 0.5) is 17.1 Å². The van der Waals surface area contributed by atoms with Gasteiger partial charge in [0.2, 0.25) is 0 Å². The Morgan fingerprint density at radius 3 is 1.59 bits per heavy atom. The van der Waals surface area contributed by atoms with E-state index in [1.165, 1.54) is 32.7 Å². The highest BCUT2D eigenvalue weighted by molar-refractivity contribution is 8.01. The highest BCUT2D eigenvalue weighted by Crippen LogP contribution is 2.43. The standard InChI is InChI=1S/C40H32N2OS/c1-44(2,43)38-21-20-34(42(32-14-8-4-9-15-32)33-16-10-5-11-17-33)26-35(38)31-23-29-19-18-28-22-30(27-12-6-3-7-13-27)24-36-39(28)40(29)37(25-31)41-36/h3-26,41,44H,1-2H3. The van der Waals surface area contributed by atoms with Crippen molar-refractivity contribution in [2.24, 2.45) is 0 Å². The number of nitrogens with zero attached hydrogens (tertiary/aromatic N) is 1. The quantitative estimate of drug-likeness (QED) is 0.150. The minimum Gasteiger partial charge on any atom is -0.354 e. The topological polar surface area (TPSA) is 36.1 Å². The summed E-state index contributed by atoms with van der Waals surface area (Å²) < 4.78 is 13.7. The van der Waals surface area contributed by atoms with Gasteiger partial charge in [-0.05, 0) is 112 Å². The van der Waals surface area contributed by atoms with Crippen LogP contribution in [-0.4, -0.2) is 21.7 Å². The van der Waals surface area contributed by atoms with Gasteiger partial charge in [-0.25, -0.2) is 0 Å². The van der Waals surface area contributed by atoms with Crippen molar-refractivity contribution in [1.82, 2.24) is 4.98 Å². The van der Waals surface area contributed by atoms with Crippen molar-refractivity contribution in [1.29, 1.82) is 0 Å². The van der Waals surface area contributed by atoms with Gasteiger partial charge in [0.1, 0.15) is 0 Å². The van der Waals surface area contributed by atoms with Crippen LogP contribution in [0.2, 0.25) is 0 Å². The molecule has 0 aliphatic heterocycles. The third-order valence-corrected chi connectivity index (χ3v) is 10.1. The Labute approximate surface area is 258 Å². The Balaban J connectivity index is 1.34. The van der Waals surface area contributed by atoms with Crippen LogP contribution < -0.4 is 4.90 Å². The van der Waals surface area contributed by atoms with Crippen LogP contribution in [0.3, 0.4) is 0 Å². The van der Waals surface area contributed by atoms with Crippen molar-refractivity contribution in [2.45, 2.75) is 4.90 Å². The van der Waals surface area contributed by atoms with E-state index in [1.54, 1.807) is 0 Å². The van der Waals surface area contributed by atoms with Crippen molar-refractivity contribution < 1.29 is 4.21 Å². The number of anilines is 3. The van der Waals surface area contributed by atoms with Gasteiger partial charge in [0.25, 0.3) is 0 Å². The van der Waals surface area contributed by atoms with Crippen LogP contribution in [0.1, 0.15) is 0 Å². The van der Waals surface area contributed by atoms with Gasteiger partial charge in [0.05, 0.1) is 0 Å². The molecule has 8 aromatic rings. The molecule has 214 valence electrons. The van der Waals surface area contributed by atoms with E-state index in [4.69, 9.17) is 0 Å². The molecule has 0 aliphatic carbocycles. The molecule has 4 heteroatoms. The van der Waals surface area contributed by atoms with Crippen LogP contribution in [0.25, 0.3) is 54.8 Å². The second kappa shape index (κ2) is 10.2. The summed E-state index contributed by atoms with van der Waals surface area (Å²) in [6, 6.07) is 51.2. The first kappa shape index (κ1) is 26.4. The highest BCUT2D eigenvalue weighted by atomic mass is 32.2. The maximum Gasteiger partial charge on any atom is 0.0477 e. The lowest BCUT2D eigenvalue weighted by molar-refractivity contribution is 0.678. The lowest BCUT2D eigenvalue weighted by Crippen LogP contribution is -2.12. The average molecular weight is 589 g/mol. The van der Waals surface area contributed by atoms with Crippen molar-refractivity contribution in [3.8, 4) is 22.3 Å². The van der Waals surface area contributed by atoms with Gasteiger partial charge in [0, 0.05) is 43.8 Å². The van der Waals surface area contributed by atoms with Gasteiger partial charge in [-0.15, -0.1) is 0 Å². The first-order valence-corrected chi connectivity index (χ1v) is 17.5. The maximum absolute atomic E-state index is 13.7. The summed E-state index contributed by atoms with van der Waals surface area (Å²) in [7, 11) is -2.60. The maximum atomic E-state index is 13.7. The molecule has 1 N–H and O–H groups in total. The molecule has 0 spiro atoms. The van der Waals surface area contributed by atoms with Crippen molar-refractivity contribution in [3.63, 3.8) is 0 Å². The summed E-state index contributed by atoms with van der Waals surface area (Å²) in [5.74, 6) is 0. The Morgan fingerprint density at radius 1 is 0.500 bits per heavy atom.